The number of methoxy groups -OCH3 is 2. The van der Waals surface area contributed by atoms with Crippen LogP contribution in [0.25, 0.3) is 0 Å². The van der Waals surface area contributed by atoms with Crippen LogP contribution in [0.3, 0.4) is 0 Å². The average Bonchev–Trinajstić information content (AvgIpc) is 2.92. The van der Waals surface area contributed by atoms with Crippen LogP contribution < -0.4 is 14.8 Å². The lowest BCUT2D eigenvalue weighted by Crippen LogP contribution is -2.52. The zero-order chi connectivity index (χ0) is 26.8. The third kappa shape index (κ3) is 7.92. The maximum absolute atomic E-state index is 11.8. The van der Waals surface area contributed by atoms with Crippen LogP contribution in [0.1, 0.15) is 51.2 Å². The number of aliphatic hydroxyl groups excluding tert-OH is 1. The molecule has 1 aliphatic carbocycles. The van der Waals surface area contributed by atoms with Crippen molar-refractivity contribution in [3.05, 3.63) is 70.8 Å². The number of hydrogen-bond acceptors (Lipinski definition) is 7. The molecule has 2 aromatic carbocycles. The molecule has 1 fully saturated rings. The zero-order valence-electron chi connectivity index (χ0n) is 22.7. The summed E-state index contributed by atoms with van der Waals surface area (Å²) in [7, 11) is 2.93. The van der Waals surface area contributed by atoms with Gasteiger partial charge in [-0.3, -0.25) is 0 Å². The lowest BCUT2D eigenvalue weighted by atomic mass is 9.74. The number of carbonyl (C=O) groups excluding carboxylic acids is 1. The van der Waals surface area contributed by atoms with Crippen LogP contribution in [0.15, 0.2) is 59.7 Å². The molecule has 0 unspecified atom stereocenters. The predicted octanol–water partition coefficient (Wildman–Crippen LogP) is 6.50. The Kier molecular flexibility index (Phi) is 10.8. The lowest BCUT2D eigenvalue weighted by molar-refractivity contribution is -0.139. The Morgan fingerprint density at radius 2 is 1.89 bits per heavy atom. The van der Waals surface area contributed by atoms with Crippen molar-refractivity contribution >= 4 is 17.7 Å². The molecule has 2 aromatic rings. The van der Waals surface area contributed by atoms with Crippen molar-refractivity contribution in [1.29, 1.82) is 0 Å². The summed E-state index contributed by atoms with van der Waals surface area (Å²) >= 11 is 1.51. The Labute approximate surface area is 225 Å². The highest BCUT2D eigenvalue weighted by atomic mass is 32.2. The molecular weight excluding hydrogens is 486 g/mol. The van der Waals surface area contributed by atoms with Gasteiger partial charge in [-0.1, -0.05) is 57.2 Å². The van der Waals surface area contributed by atoms with Gasteiger partial charge in [0.25, 0.3) is 0 Å². The topological polar surface area (TPSA) is 77.0 Å². The number of hydrogen-bond donors (Lipinski definition) is 2. The number of carbonyl (C=O) groups is 1. The molecule has 3 atom stereocenters. The first-order chi connectivity index (χ1) is 17.8. The van der Waals surface area contributed by atoms with Crippen molar-refractivity contribution in [2.24, 2.45) is 17.8 Å². The normalized spacial score (nSPS) is 22.1. The Bertz CT molecular complexity index is 1040. The molecular formula is C30H41NO5S. The molecule has 1 aliphatic rings. The molecule has 3 rings (SSSR count). The van der Waals surface area contributed by atoms with E-state index < -0.39 is 5.97 Å². The van der Waals surface area contributed by atoms with Gasteiger partial charge in [-0.25, -0.2) is 4.79 Å². The van der Waals surface area contributed by atoms with Gasteiger partial charge in [-0.05, 0) is 66.7 Å². The summed E-state index contributed by atoms with van der Waals surface area (Å²) < 4.78 is 16.3. The highest BCUT2D eigenvalue weighted by molar-refractivity contribution is 8.03. The maximum atomic E-state index is 11.8. The van der Waals surface area contributed by atoms with Gasteiger partial charge in [0, 0.05) is 12.0 Å². The Hall–Kier alpha value is -2.64. The highest BCUT2D eigenvalue weighted by Crippen LogP contribution is 2.47. The van der Waals surface area contributed by atoms with E-state index in [1.807, 2.05) is 42.5 Å². The standard InChI is InChI=1S/C30H41NO5S/c1-21(2)25-13-11-22(3)30(18-25,37-20-26(32)29(33)35-5)31-16-15-23-12-14-27(34-4)28(17-23)36-19-24-9-7-6-8-10-24/h6-10,12,14,17,20-22,25,31-32H,11,13,15-16,18-19H2,1-5H3/b26-20+/t22-,25-,30+/m0/s1. The number of rotatable bonds is 12. The third-order valence-electron chi connectivity index (χ3n) is 7.35. The van der Waals surface area contributed by atoms with Gasteiger partial charge in [-0.15, -0.1) is 11.8 Å². The summed E-state index contributed by atoms with van der Waals surface area (Å²) in [5, 5.41) is 15.5. The molecule has 0 aromatic heterocycles. The van der Waals surface area contributed by atoms with E-state index in [1.54, 1.807) is 12.5 Å². The number of thioether (sulfide) groups is 1. The fourth-order valence-electron chi connectivity index (χ4n) is 4.87. The molecule has 0 spiro atoms. The molecule has 1 saturated carbocycles. The van der Waals surface area contributed by atoms with Crippen LogP contribution in [-0.2, 0) is 22.6 Å². The van der Waals surface area contributed by atoms with E-state index in [0.717, 1.165) is 42.7 Å². The van der Waals surface area contributed by atoms with Crippen LogP contribution >= 0.6 is 11.8 Å². The average molecular weight is 528 g/mol. The van der Waals surface area contributed by atoms with Crippen LogP contribution in [0, 0.1) is 17.8 Å². The van der Waals surface area contributed by atoms with E-state index in [2.05, 4.69) is 36.9 Å². The lowest BCUT2D eigenvalue weighted by Gasteiger charge is -2.46. The smallest absolute Gasteiger partial charge is 0.373 e. The van der Waals surface area contributed by atoms with Gasteiger partial charge in [0.1, 0.15) is 6.61 Å². The van der Waals surface area contributed by atoms with Gasteiger partial charge in [-0.2, -0.15) is 0 Å². The van der Waals surface area contributed by atoms with E-state index in [0.29, 0.717) is 30.1 Å². The first-order valence-electron chi connectivity index (χ1n) is 13.0. The largest absolute Gasteiger partial charge is 0.501 e. The fraction of sp³-hybridized carbons (Fsp3) is 0.500. The number of benzene rings is 2. The van der Waals surface area contributed by atoms with Crippen LogP contribution in [0.4, 0.5) is 0 Å². The summed E-state index contributed by atoms with van der Waals surface area (Å²) in [5.41, 5.74) is 2.25. The van der Waals surface area contributed by atoms with Gasteiger partial charge in [0.05, 0.1) is 19.1 Å². The Morgan fingerprint density at radius 1 is 1.14 bits per heavy atom. The van der Waals surface area contributed by atoms with Crippen molar-refractivity contribution in [2.45, 2.75) is 57.9 Å². The van der Waals surface area contributed by atoms with Crippen molar-refractivity contribution in [1.82, 2.24) is 5.32 Å². The van der Waals surface area contributed by atoms with E-state index in [9.17, 15) is 9.90 Å². The molecule has 0 amide bonds. The number of esters is 1. The minimum atomic E-state index is -0.715. The van der Waals surface area contributed by atoms with E-state index in [4.69, 9.17) is 9.47 Å². The van der Waals surface area contributed by atoms with Gasteiger partial charge >= 0.3 is 5.97 Å². The molecule has 0 bridgehead atoms. The zero-order valence-corrected chi connectivity index (χ0v) is 23.5. The van der Waals surface area contributed by atoms with Crippen molar-refractivity contribution in [3.8, 4) is 11.5 Å². The molecule has 7 heteroatoms. The minimum absolute atomic E-state index is 0.283. The maximum Gasteiger partial charge on any atom is 0.373 e. The fourth-order valence-corrected chi connectivity index (χ4v) is 6.13. The van der Waals surface area contributed by atoms with Crippen molar-refractivity contribution in [2.75, 3.05) is 20.8 Å². The second-order valence-electron chi connectivity index (χ2n) is 10.1. The van der Waals surface area contributed by atoms with Crippen molar-refractivity contribution < 1.29 is 24.1 Å². The monoisotopic (exact) mass is 527 g/mol. The van der Waals surface area contributed by atoms with Crippen LogP contribution in [0.5, 0.6) is 11.5 Å². The summed E-state index contributed by atoms with van der Waals surface area (Å²) in [5.74, 6) is 1.88. The first kappa shape index (κ1) is 28.9. The molecule has 0 saturated heterocycles. The van der Waals surface area contributed by atoms with Crippen LogP contribution in [0.2, 0.25) is 0 Å². The SMILES string of the molecule is COC(=O)/C(O)=C\S[C@]1(NCCc2ccc(OC)c(OCc3ccccc3)c2)C[C@@H](C(C)C)CC[C@@H]1C. The molecule has 0 aliphatic heterocycles. The second-order valence-corrected chi connectivity index (χ2v) is 11.3. The molecule has 2 N–H and O–H groups in total. The summed E-state index contributed by atoms with van der Waals surface area (Å²) in [6.07, 6.45) is 4.06. The molecule has 0 radical (unpaired) electrons. The summed E-state index contributed by atoms with van der Waals surface area (Å²) in [6, 6.07) is 16.2. The van der Waals surface area contributed by atoms with Gasteiger partial charge < -0.3 is 24.6 Å². The molecule has 0 heterocycles. The number of ether oxygens (including phenoxy) is 3. The van der Waals surface area contributed by atoms with E-state index >= 15 is 0 Å². The van der Waals surface area contributed by atoms with Crippen molar-refractivity contribution in [3.63, 3.8) is 0 Å². The van der Waals surface area contributed by atoms with E-state index in [1.165, 1.54) is 25.3 Å². The number of aliphatic hydroxyl groups is 1. The first-order valence-corrected chi connectivity index (χ1v) is 13.9. The summed E-state index contributed by atoms with van der Waals surface area (Å²) in [4.78, 5) is 11.5. The second kappa shape index (κ2) is 13.8. The summed E-state index contributed by atoms with van der Waals surface area (Å²) in [6.45, 7) is 8.02. The minimum Gasteiger partial charge on any atom is -0.501 e. The molecule has 6 nitrogen and oxygen atoms in total. The van der Waals surface area contributed by atoms with Crippen LogP contribution in [-0.4, -0.2) is 36.7 Å². The Balaban J connectivity index is 1.72. The predicted molar refractivity (Wildman–Crippen MR) is 150 cm³/mol. The third-order valence-corrected chi connectivity index (χ3v) is 8.83. The highest BCUT2D eigenvalue weighted by Gasteiger charge is 2.42. The number of nitrogens with one attached hydrogen (secondary N) is 1. The van der Waals surface area contributed by atoms with Gasteiger partial charge in [0.2, 0.25) is 5.76 Å². The van der Waals surface area contributed by atoms with Gasteiger partial charge in [0.15, 0.2) is 11.5 Å². The molecule has 37 heavy (non-hydrogen) atoms. The quantitative estimate of drug-likeness (QED) is 0.141. The van der Waals surface area contributed by atoms with E-state index in [-0.39, 0.29) is 10.6 Å². The Morgan fingerprint density at radius 3 is 2.57 bits per heavy atom. The molecule has 202 valence electrons.